The molecule has 0 aliphatic rings. The van der Waals surface area contributed by atoms with Crippen molar-refractivity contribution in [2.75, 3.05) is 20.3 Å². The Morgan fingerprint density at radius 3 is 2.71 bits per heavy atom. The number of nitrogens with zero attached hydrogens (tertiary/aromatic N) is 2. The number of ether oxygens (including phenoxy) is 2. The predicted octanol–water partition coefficient (Wildman–Crippen LogP) is 4.13. The van der Waals surface area contributed by atoms with E-state index in [-0.39, 0.29) is 5.91 Å². The summed E-state index contributed by atoms with van der Waals surface area (Å²) < 4.78 is 50.5. The largest absolute Gasteiger partial charge is 0.493 e. The molecule has 0 aliphatic heterocycles. The van der Waals surface area contributed by atoms with Crippen molar-refractivity contribution in [2.24, 2.45) is 0 Å². The summed E-state index contributed by atoms with van der Waals surface area (Å²) in [6, 6.07) is 7.66. The van der Waals surface area contributed by atoms with Crippen molar-refractivity contribution < 1.29 is 27.4 Å². The molecular weight excluding hydrogens is 411 g/mol. The summed E-state index contributed by atoms with van der Waals surface area (Å²) >= 11 is 0. The third-order valence-electron chi connectivity index (χ3n) is 4.42. The molecule has 0 unspecified atom stereocenters. The van der Waals surface area contributed by atoms with Crippen molar-refractivity contribution in [1.82, 2.24) is 14.7 Å². The number of nitrogens with one attached hydrogen (secondary N) is 1. The highest BCUT2D eigenvalue weighted by Crippen LogP contribution is 2.29. The van der Waals surface area contributed by atoms with Crippen molar-refractivity contribution in [3.8, 4) is 11.5 Å². The van der Waals surface area contributed by atoms with Crippen LogP contribution in [0.3, 0.4) is 0 Å². The van der Waals surface area contributed by atoms with Crippen molar-refractivity contribution in [3.05, 3.63) is 65.6 Å². The van der Waals surface area contributed by atoms with Gasteiger partial charge in [0, 0.05) is 31.4 Å². The molecule has 0 saturated heterocycles. The second-order valence-electron chi connectivity index (χ2n) is 6.63. The van der Waals surface area contributed by atoms with Gasteiger partial charge in [0.05, 0.1) is 25.0 Å². The number of aromatic nitrogens is 2. The molecule has 1 N–H and O–H groups in total. The number of benzene rings is 1. The van der Waals surface area contributed by atoms with Crippen LogP contribution in [0.15, 0.2) is 48.8 Å². The molecule has 9 heteroatoms. The minimum atomic E-state index is -4.41. The highest BCUT2D eigenvalue weighted by molar-refractivity contribution is 5.91. The third kappa shape index (κ3) is 5.78. The molecule has 0 atom stereocenters. The summed E-state index contributed by atoms with van der Waals surface area (Å²) in [5.74, 6) is 0.905. The van der Waals surface area contributed by atoms with Gasteiger partial charge in [0.15, 0.2) is 11.5 Å². The lowest BCUT2D eigenvalue weighted by Gasteiger charge is -2.09. The predicted molar refractivity (Wildman–Crippen MR) is 110 cm³/mol. The summed E-state index contributed by atoms with van der Waals surface area (Å²) in [4.78, 5) is 16.3. The lowest BCUT2D eigenvalue weighted by molar-refractivity contribution is -0.137. The Morgan fingerprint density at radius 2 is 2.00 bits per heavy atom. The van der Waals surface area contributed by atoms with Gasteiger partial charge >= 0.3 is 6.18 Å². The highest BCUT2D eigenvalue weighted by atomic mass is 19.4. The zero-order valence-electron chi connectivity index (χ0n) is 17.1. The van der Waals surface area contributed by atoms with E-state index >= 15 is 0 Å². The smallest absolute Gasteiger partial charge is 0.417 e. The normalized spacial score (nSPS) is 11.8. The standard InChI is InChI=1S/C22H22F3N3O3/c1-3-31-18-7-4-15(12-19(18)30-2)5-9-21(29)26-11-10-17-14-28-13-16(22(23,24)25)6-8-20(28)27-17/h4-9,12-14H,3,10-11H2,1-2H3,(H,26,29)/b9-5+. The third-order valence-corrected chi connectivity index (χ3v) is 4.42. The number of hydrogen-bond acceptors (Lipinski definition) is 4. The second kappa shape index (κ2) is 9.55. The topological polar surface area (TPSA) is 64.9 Å². The maximum atomic E-state index is 12.8. The molecular formula is C22H22F3N3O3. The number of hydrogen-bond donors (Lipinski definition) is 1. The monoisotopic (exact) mass is 433 g/mol. The van der Waals surface area contributed by atoms with Crippen molar-refractivity contribution >= 4 is 17.6 Å². The Labute approximate surface area is 177 Å². The number of rotatable bonds is 8. The summed E-state index contributed by atoms with van der Waals surface area (Å²) in [7, 11) is 1.54. The van der Waals surface area contributed by atoms with Crippen LogP contribution in [-0.2, 0) is 17.4 Å². The minimum absolute atomic E-state index is 0.295. The molecule has 3 rings (SSSR count). The first-order valence-electron chi connectivity index (χ1n) is 9.61. The van der Waals surface area contributed by atoms with Gasteiger partial charge in [-0.2, -0.15) is 13.2 Å². The number of fused-ring (bicyclic) bond motifs is 1. The molecule has 0 spiro atoms. The number of halogens is 3. The summed E-state index contributed by atoms with van der Waals surface area (Å²) in [6.07, 6.45) is 1.55. The number of pyridine rings is 1. The molecule has 1 amide bonds. The van der Waals surface area contributed by atoms with E-state index in [9.17, 15) is 18.0 Å². The van der Waals surface area contributed by atoms with E-state index in [4.69, 9.17) is 9.47 Å². The number of carbonyl (C=O) groups excluding carboxylic acids is 1. The van der Waals surface area contributed by atoms with E-state index in [1.54, 1.807) is 25.3 Å². The summed E-state index contributed by atoms with van der Waals surface area (Å²) in [6.45, 7) is 2.69. The SMILES string of the molecule is CCOc1ccc(/C=C/C(=O)NCCc2cn3cc(C(F)(F)F)ccc3n2)cc1OC. The molecule has 0 saturated carbocycles. The van der Waals surface area contributed by atoms with Crippen LogP contribution in [0.25, 0.3) is 11.7 Å². The van der Waals surface area contributed by atoms with Crippen LogP contribution in [0.2, 0.25) is 0 Å². The van der Waals surface area contributed by atoms with E-state index in [1.807, 2.05) is 13.0 Å². The molecule has 2 aromatic heterocycles. The Kier molecular flexibility index (Phi) is 6.84. The highest BCUT2D eigenvalue weighted by Gasteiger charge is 2.30. The Bertz CT molecular complexity index is 1090. The fraction of sp³-hybridized carbons (Fsp3) is 0.273. The van der Waals surface area contributed by atoms with Crippen LogP contribution in [0.4, 0.5) is 13.2 Å². The van der Waals surface area contributed by atoms with Crippen LogP contribution in [0, 0.1) is 0 Å². The molecule has 0 bridgehead atoms. The molecule has 0 fully saturated rings. The summed E-state index contributed by atoms with van der Waals surface area (Å²) in [5, 5.41) is 2.73. The Hall–Kier alpha value is -3.49. The van der Waals surface area contributed by atoms with Crippen molar-refractivity contribution in [3.63, 3.8) is 0 Å². The van der Waals surface area contributed by atoms with Crippen LogP contribution in [-0.4, -0.2) is 35.6 Å². The molecule has 0 radical (unpaired) electrons. The average Bonchev–Trinajstić information content (AvgIpc) is 3.14. The fourth-order valence-electron chi connectivity index (χ4n) is 2.94. The van der Waals surface area contributed by atoms with E-state index in [1.165, 1.54) is 22.7 Å². The van der Waals surface area contributed by atoms with Gasteiger partial charge in [0.2, 0.25) is 5.91 Å². The number of alkyl halides is 3. The van der Waals surface area contributed by atoms with E-state index in [0.29, 0.717) is 42.4 Å². The van der Waals surface area contributed by atoms with Gasteiger partial charge in [0.1, 0.15) is 5.65 Å². The van der Waals surface area contributed by atoms with Crippen LogP contribution in [0.5, 0.6) is 11.5 Å². The zero-order chi connectivity index (χ0) is 22.4. The van der Waals surface area contributed by atoms with Gasteiger partial charge in [-0.25, -0.2) is 4.98 Å². The van der Waals surface area contributed by atoms with Crippen LogP contribution in [0.1, 0.15) is 23.7 Å². The molecule has 1 aromatic carbocycles. The van der Waals surface area contributed by atoms with E-state index in [0.717, 1.165) is 17.8 Å². The van der Waals surface area contributed by atoms with Crippen molar-refractivity contribution in [2.45, 2.75) is 19.5 Å². The molecule has 3 aromatic rings. The number of carbonyl (C=O) groups is 1. The summed E-state index contributed by atoms with van der Waals surface area (Å²) in [5.41, 5.74) is 1.03. The van der Waals surface area contributed by atoms with Crippen LogP contribution < -0.4 is 14.8 Å². The Balaban J connectivity index is 1.55. The van der Waals surface area contributed by atoms with Gasteiger partial charge < -0.3 is 19.2 Å². The number of methoxy groups -OCH3 is 1. The molecule has 31 heavy (non-hydrogen) atoms. The quantitative estimate of drug-likeness (QED) is 0.543. The van der Waals surface area contributed by atoms with Gasteiger partial charge in [-0.3, -0.25) is 4.79 Å². The van der Waals surface area contributed by atoms with Gasteiger partial charge in [-0.1, -0.05) is 6.07 Å². The molecule has 2 heterocycles. The van der Waals surface area contributed by atoms with E-state index < -0.39 is 11.7 Å². The minimum Gasteiger partial charge on any atom is -0.493 e. The Morgan fingerprint density at radius 1 is 1.19 bits per heavy atom. The fourth-order valence-corrected chi connectivity index (χ4v) is 2.94. The van der Waals surface area contributed by atoms with Crippen LogP contribution >= 0.6 is 0 Å². The lowest BCUT2D eigenvalue weighted by Crippen LogP contribution is -2.23. The lowest BCUT2D eigenvalue weighted by atomic mass is 10.2. The van der Waals surface area contributed by atoms with Gasteiger partial charge in [0.25, 0.3) is 0 Å². The molecule has 6 nitrogen and oxygen atoms in total. The zero-order valence-corrected chi connectivity index (χ0v) is 17.1. The van der Waals surface area contributed by atoms with Gasteiger partial charge in [-0.05, 0) is 42.8 Å². The van der Waals surface area contributed by atoms with Crippen molar-refractivity contribution in [1.29, 1.82) is 0 Å². The first-order valence-corrected chi connectivity index (χ1v) is 9.61. The first kappa shape index (κ1) is 22.2. The number of amides is 1. The first-order chi connectivity index (χ1) is 14.8. The molecule has 164 valence electrons. The maximum Gasteiger partial charge on any atom is 0.417 e. The van der Waals surface area contributed by atoms with E-state index in [2.05, 4.69) is 10.3 Å². The average molecular weight is 433 g/mol. The second-order valence-corrected chi connectivity index (χ2v) is 6.63. The van der Waals surface area contributed by atoms with Gasteiger partial charge in [-0.15, -0.1) is 0 Å². The molecule has 0 aliphatic carbocycles. The number of imidazole rings is 1. The maximum absolute atomic E-state index is 12.8.